The van der Waals surface area contributed by atoms with Gasteiger partial charge in [0.2, 0.25) is 0 Å². The highest BCUT2D eigenvalue weighted by molar-refractivity contribution is 5.75. The molecule has 0 aliphatic heterocycles. The average Bonchev–Trinajstić information content (AvgIpc) is 2.03. The van der Waals surface area contributed by atoms with Crippen molar-refractivity contribution in [3.63, 3.8) is 0 Å². The number of nitrogens with two attached hydrogens (primary N) is 1. The van der Waals surface area contributed by atoms with E-state index in [0.717, 1.165) is 0 Å². The molecule has 57 valence electrons. The lowest BCUT2D eigenvalue weighted by Crippen LogP contribution is -2.19. The Morgan fingerprint density at radius 1 is 1.82 bits per heavy atom. The summed E-state index contributed by atoms with van der Waals surface area (Å²) in [5, 5.41) is 0. The number of amides is 1. The normalized spacial score (nSPS) is 9.09. The maximum Gasteiger partial charge on any atom is 0.255 e. The number of primary amides is 1. The van der Waals surface area contributed by atoms with Crippen LogP contribution in [0.5, 0.6) is 5.75 Å². The summed E-state index contributed by atoms with van der Waals surface area (Å²) >= 11 is 0. The predicted molar refractivity (Wildman–Crippen MR) is 37.8 cm³/mol. The largest absolute Gasteiger partial charge is 0.482 e. The van der Waals surface area contributed by atoms with Gasteiger partial charge in [-0.2, -0.15) is 0 Å². The predicted octanol–water partition coefficient (Wildman–Crippen LogP) is -0.254. The molecule has 0 atom stereocenters. The van der Waals surface area contributed by atoms with E-state index in [1.807, 2.05) is 0 Å². The number of hydrogen-bond donors (Lipinski definition) is 1. The zero-order valence-electron chi connectivity index (χ0n) is 5.78. The van der Waals surface area contributed by atoms with Crippen molar-refractivity contribution in [3.8, 4) is 5.75 Å². The van der Waals surface area contributed by atoms with E-state index in [9.17, 15) is 4.79 Å². The third-order valence-electron chi connectivity index (χ3n) is 0.970. The molecule has 0 saturated heterocycles. The second kappa shape index (κ2) is 3.55. The van der Waals surface area contributed by atoms with Crippen LogP contribution in [0, 0.1) is 6.20 Å². The van der Waals surface area contributed by atoms with Crippen LogP contribution in [0.2, 0.25) is 0 Å². The SMILES string of the molecule is NC(=O)COc1cc[c]nc1. The molecule has 0 unspecified atom stereocenters. The Hall–Kier alpha value is -1.58. The minimum Gasteiger partial charge on any atom is -0.482 e. The monoisotopic (exact) mass is 151 g/mol. The van der Waals surface area contributed by atoms with Gasteiger partial charge in [-0.05, 0) is 12.1 Å². The van der Waals surface area contributed by atoms with E-state index in [2.05, 4.69) is 11.2 Å². The molecule has 1 aromatic heterocycles. The summed E-state index contributed by atoms with van der Waals surface area (Å²) in [5.74, 6) is 0.0142. The van der Waals surface area contributed by atoms with Crippen molar-refractivity contribution in [2.75, 3.05) is 6.61 Å². The second-order valence-electron chi connectivity index (χ2n) is 1.88. The van der Waals surface area contributed by atoms with Gasteiger partial charge in [-0.1, -0.05) is 0 Å². The maximum atomic E-state index is 10.2. The van der Waals surface area contributed by atoms with Gasteiger partial charge in [0, 0.05) is 0 Å². The summed E-state index contributed by atoms with van der Waals surface area (Å²) < 4.78 is 4.91. The van der Waals surface area contributed by atoms with Gasteiger partial charge in [0.25, 0.3) is 5.91 Å². The number of carbonyl (C=O) groups is 1. The third-order valence-corrected chi connectivity index (χ3v) is 0.970. The Kier molecular flexibility index (Phi) is 2.43. The smallest absolute Gasteiger partial charge is 0.255 e. The van der Waals surface area contributed by atoms with Crippen LogP contribution in [0.4, 0.5) is 0 Å². The van der Waals surface area contributed by atoms with Crippen LogP contribution in [-0.2, 0) is 4.79 Å². The lowest BCUT2D eigenvalue weighted by atomic mass is 10.5. The number of rotatable bonds is 3. The quantitative estimate of drug-likeness (QED) is 0.647. The average molecular weight is 151 g/mol. The van der Waals surface area contributed by atoms with Crippen molar-refractivity contribution in [3.05, 3.63) is 24.5 Å². The van der Waals surface area contributed by atoms with Crippen LogP contribution in [0.15, 0.2) is 18.3 Å². The molecule has 0 fully saturated rings. The summed E-state index contributed by atoms with van der Waals surface area (Å²) in [6.07, 6.45) is 4.04. The van der Waals surface area contributed by atoms with Crippen molar-refractivity contribution in [2.24, 2.45) is 5.73 Å². The van der Waals surface area contributed by atoms with E-state index in [1.54, 1.807) is 12.1 Å². The highest BCUT2D eigenvalue weighted by atomic mass is 16.5. The fraction of sp³-hybridized carbons (Fsp3) is 0.143. The Balaban J connectivity index is 2.45. The van der Waals surface area contributed by atoms with Crippen molar-refractivity contribution < 1.29 is 9.53 Å². The Morgan fingerprint density at radius 2 is 2.64 bits per heavy atom. The first-order chi connectivity index (χ1) is 5.29. The molecule has 2 N–H and O–H groups in total. The van der Waals surface area contributed by atoms with Crippen molar-refractivity contribution in [2.45, 2.75) is 0 Å². The second-order valence-corrected chi connectivity index (χ2v) is 1.88. The summed E-state index contributed by atoms with van der Waals surface area (Å²) in [6, 6.07) is 3.24. The van der Waals surface area contributed by atoms with E-state index >= 15 is 0 Å². The van der Waals surface area contributed by atoms with Crippen LogP contribution in [0.25, 0.3) is 0 Å². The molecule has 0 aliphatic carbocycles. The number of pyridine rings is 1. The van der Waals surface area contributed by atoms with Crippen LogP contribution >= 0.6 is 0 Å². The van der Waals surface area contributed by atoms with Gasteiger partial charge in [-0.15, -0.1) is 0 Å². The van der Waals surface area contributed by atoms with Gasteiger partial charge >= 0.3 is 0 Å². The van der Waals surface area contributed by atoms with Gasteiger partial charge < -0.3 is 10.5 Å². The molecule has 0 aromatic carbocycles. The Morgan fingerprint density at radius 3 is 3.18 bits per heavy atom. The molecule has 0 spiro atoms. The van der Waals surface area contributed by atoms with Gasteiger partial charge in [0.15, 0.2) is 6.61 Å². The molecule has 11 heavy (non-hydrogen) atoms. The molecule has 1 radical (unpaired) electrons. The number of hydrogen-bond acceptors (Lipinski definition) is 3. The van der Waals surface area contributed by atoms with Crippen LogP contribution in [-0.4, -0.2) is 17.5 Å². The molecular formula is C7H7N2O2. The minimum atomic E-state index is -0.502. The van der Waals surface area contributed by atoms with E-state index < -0.39 is 5.91 Å². The van der Waals surface area contributed by atoms with Crippen LogP contribution < -0.4 is 10.5 Å². The summed E-state index contributed by atoms with van der Waals surface area (Å²) in [7, 11) is 0. The number of nitrogens with zero attached hydrogens (tertiary/aromatic N) is 1. The number of carbonyl (C=O) groups excluding carboxylic acids is 1. The molecule has 0 saturated carbocycles. The van der Waals surface area contributed by atoms with Gasteiger partial charge in [-0.3, -0.25) is 9.78 Å². The van der Waals surface area contributed by atoms with Crippen molar-refractivity contribution in [1.82, 2.24) is 4.98 Å². The van der Waals surface area contributed by atoms with Gasteiger partial charge in [0.05, 0.1) is 12.4 Å². The summed E-state index contributed by atoms with van der Waals surface area (Å²) in [4.78, 5) is 13.9. The third kappa shape index (κ3) is 2.66. The molecule has 0 aliphatic rings. The Bertz CT molecular complexity index is 235. The summed E-state index contributed by atoms with van der Waals surface area (Å²) in [5.41, 5.74) is 4.85. The highest BCUT2D eigenvalue weighted by Crippen LogP contribution is 2.04. The molecule has 1 amide bonds. The Labute approximate surface area is 64.0 Å². The highest BCUT2D eigenvalue weighted by Gasteiger charge is 1.94. The standard InChI is InChI=1S/C7H7N2O2/c8-7(10)5-11-6-2-1-3-9-4-6/h1-2,4H,5H2,(H2,8,10). The molecular weight excluding hydrogens is 144 g/mol. The first kappa shape index (κ1) is 7.53. The molecule has 4 heteroatoms. The van der Waals surface area contributed by atoms with Gasteiger partial charge in [0.1, 0.15) is 5.75 Å². The van der Waals surface area contributed by atoms with Crippen LogP contribution in [0.3, 0.4) is 0 Å². The van der Waals surface area contributed by atoms with Crippen molar-refractivity contribution in [1.29, 1.82) is 0 Å². The van der Waals surface area contributed by atoms with E-state index in [4.69, 9.17) is 10.5 Å². The first-order valence-corrected chi connectivity index (χ1v) is 3.02. The zero-order chi connectivity index (χ0) is 8.10. The number of aromatic nitrogens is 1. The van der Waals surface area contributed by atoms with E-state index in [-0.39, 0.29) is 6.61 Å². The lowest BCUT2D eigenvalue weighted by Gasteiger charge is -2.00. The molecule has 1 heterocycles. The van der Waals surface area contributed by atoms with E-state index in [0.29, 0.717) is 5.75 Å². The van der Waals surface area contributed by atoms with Gasteiger partial charge in [-0.25, -0.2) is 0 Å². The maximum absolute atomic E-state index is 10.2. The first-order valence-electron chi connectivity index (χ1n) is 3.02. The fourth-order valence-corrected chi connectivity index (χ4v) is 0.546. The lowest BCUT2D eigenvalue weighted by molar-refractivity contribution is -0.119. The minimum absolute atomic E-state index is 0.119. The number of ether oxygens (including phenoxy) is 1. The topological polar surface area (TPSA) is 65.2 Å². The molecule has 1 aromatic rings. The molecule has 1 rings (SSSR count). The summed E-state index contributed by atoms with van der Waals surface area (Å²) in [6.45, 7) is -0.119. The fourth-order valence-electron chi connectivity index (χ4n) is 0.546. The van der Waals surface area contributed by atoms with E-state index in [1.165, 1.54) is 6.20 Å². The molecule has 4 nitrogen and oxygen atoms in total. The van der Waals surface area contributed by atoms with Crippen LogP contribution in [0.1, 0.15) is 0 Å². The van der Waals surface area contributed by atoms with Crippen molar-refractivity contribution >= 4 is 5.91 Å². The molecule has 0 bridgehead atoms. The zero-order valence-corrected chi connectivity index (χ0v) is 5.78.